The van der Waals surface area contributed by atoms with Crippen LogP contribution in [-0.2, 0) is 6.42 Å². The van der Waals surface area contributed by atoms with Crippen molar-refractivity contribution >= 4 is 0 Å². The summed E-state index contributed by atoms with van der Waals surface area (Å²) in [6.07, 6.45) is 19.6. The zero-order valence-electron chi connectivity index (χ0n) is 20.0. The number of hydrogen-bond acceptors (Lipinski definition) is 2. The first-order valence-electron chi connectivity index (χ1n) is 13.0. The number of unbranched alkanes of at least 4 members (excludes halogenated alkanes) is 4. The van der Waals surface area contributed by atoms with Gasteiger partial charge >= 0.3 is 0 Å². The Kier molecular flexibility index (Phi) is 10.4. The number of rotatable bonds is 13. The van der Waals surface area contributed by atoms with Gasteiger partial charge in [0.05, 0.1) is 12.3 Å². The first-order chi connectivity index (χ1) is 15.3. The van der Waals surface area contributed by atoms with E-state index in [9.17, 15) is 0 Å². The van der Waals surface area contributed by atoms with Crippen LogP contribution in [0, 0.1) is 11.8 Å². The number of aromatic nitrogens is 1. The second-order valence-corrected chi connectivity index (χ2v) is 9.55. The van der Waals surface area contributed by atoms with Crippen molar-refractivity contribution in [3.63, 3.8) is 0 Å². The molecule has 1 aliphatic rings. The molecule has 0 unspecified atom stereocenters. The van der Waals surface area contributed by atoms with E-state index in [1.807, 2.05) is 0 Å². The molecule has 31 heavy (non-hydrogen) atoms. The molecule has 3 rings (SSSR count). The van der Waals surface area contributed by atoms with Gasteiger partial charge in [0.15, 0.2) is 0 Å². The summed E-state index contributed by atoms with van der Waals surface area (Å²) < 4.78 is 5.82. The molecule has 1 fully saturated rings. The van der Waals surface area contributed by atoms with Gasteiger partial charge < -0.3 is 4.74 Å². The second kappa shape index (κ2) is 13.6. The van der Waals surface area contributed by atoms with Crippen LogP contribution in [0.3, 0.4) is 0 Å². The number of ether oxygens (including phenoxy) is 1. The Bertz CT molecular complexity index is 713. The highest BCUT2D eigenvalue weighted by Crippen LogP contribution is 2.34. The fraction of sp³-hybridized carbons (Fsp3) is 0.621. The summed E-state index contributed by atoms with van der Waals surface area (Å²) in [5.41, 5.74) is 3.59. The van der Waals surface area contributed by atoms with Gasteiger partial charge in [0, 0.05) is 11.8 Å². The molecule has 0 saturated heterocycles. The van der Waals surface area contributed by atoms with Crippen LogP contribution >= 0.6 is 0 Å². The van der Waals surface area contributed by atoms with Crippen molar-refractivity contribution in [3.05, 3.63) is 48.2 Å². The van der Waals surface area contributed by atoms with Crippen molar-refractivity contribution in [2.24, 2.45) is 11.8 Å². The third kappa shape index (κ3) is 8.31. The summed E-state index contributed by atoms with van der Waals surface area (Å²) >= 11 is 0. The molecule has 0 atom stereocenters. The van der Waals surface area contributed by atoms with E-state index in [1.165, 1.54) is 82.6 Å². The molecule has 2 aromatic rings. The van der Waals surface area contributed by atoms with Crippen molar-refractivity contribution < 1.29 is 4.74 Å². The Hall–Kier alpha value is -1.83. The molecule has 0 spiro atoms. The van der Waals surface area contributed by atoms with E-state index < -0.39 is 0 Å². The lowest BCUT2D eigenvalue weighted by Gasteiger charge is -2.28. The van der Waals surface area contributed by atoms with Crippen LogP contribution in [0.1, 0.15) is 96.5 Å². The standard InChI is InChI=1S/C29H43NO/c1-3-5-7-9-24-10-12-25(13-11-24)14-15-26-16-21-29(30-23-26)27-17-19-28(20-18-27)31-22-8-6-4-2/h16-21,23-25H,3-15,22H2,1-2H3. The predicted octanol–water partition coefficient (Wildman–Crippen LogP) is 8.64. The van der Waals surface area contributed by atoms with Crippen molar-refractivity contribution in [1.82, 2.24) is 4.98 Å². The van der Waals surface area contributed by atoms with Crippen LogP contribution in [0.15, 0.2) is 42.6 Å². The van der Waals surface area contributed by atoms with Gasteiger partial charge in [-0.2, -0.15) is 0 Å². The van der Waals surface area contributed by atoms with Crippen molar-refractivity contribution in [2.45, 2.75) is 97.3 Å². The predicted molar refractivity (Wildman–Crippen MR) is 133 cm³/mol. The molecule has 0 amide bonds. The Morgan fingerprint density at radius 2 is 1.45 bits per heavy atom. The van der Waals surface area contributed by atoms with E-state index in [4.69, 9.17) is 9.72 Å². The van der Waals surface area contributed by atoms with Gasteiger partial charge in [-0.05, 0) is 67.0 Å². The maximum atomic E-state index is 5.82. The highest BCUT2D eigenvalue weighted by molar-refractivity contribution is 5.60. The molecule has 2 heteroatoms. The van der Waals surface area contributed by atoms with Crippen molar-refractivity contribution in [1.29, 1.82) is 0 Å². The normalized spacial score (nSPS) is 18.8. The van der Waals surface area contributed by atoms with E-state index >= 15 is 0 Å². The van der Waals surface area contributed by atoms with Gasteiger partial charge in [-0.15, -0.1) is 0 Å². The number of hydrogen-bond donors (Lipinski definition) is 0. The molecule has 170 valence electrons. The van der Waals surface area contributed by atoms with Gasteiger partial charge in [-0.3, -0.25) is 4.98 Å². The Labute approximate surface area is 190 Å². The number of aryl methyl sites for hydroxylation is 1. The zero-order chi connectivity index (χ0) is 21.7. The van der Waals surface area contributed by atoms with Crippen LogP contribution in [0.5, 0.6) is 5.75 Å². The highest BCUT2D eigenvalue weighted by Gasteiger charge is 2.20. The smallest absolute Gasteiger partial charge is 0.119 e. The topological polar surface area (TPSA) is 22.1 Å². The Balaban J connectivity index is 1.39. The number of nitrogens with zero attached hydrogens (tertiary/aromatic N) is 1. The molecule has 1 saturated carbocycles. The summed E-state index contributed by atoms with van der Waals surface area (Å²) in [6, 6.07) is 12.8. The van der Waals surface area contributed by atoms with E-state index in [2.05, 4.69) is 56.4 Å². The van der Waals surface area contributed by atoms with Gasteiger partial charge in [0.2, 0.25) is 0 Å². The van der Waals surface area contributed by atoms with E-state index in [-0.39, 0.29) is 0 Å². The molecule has 1 aromatic carbocycles. The van der Waals surface area contributed by atoms with Gasteiger partial charge in [-0.1, -0.05) is 84.1 Å². The second-order valence-electron chi connectivity index (χ2n) is 9.55. The van der Waals surface area contributed by atoms with Crippen LogP contribution in [-0.4, -0.2) is 11.6 Å². The summed E-state index contributed by atoms with van der Waals surface area (Å²) in [4.78, 5) is 4.74. The molecule has 1 aromatic heterocycles. The summed E-state index contributed by atoms with van der Waals surface area (Å²) in [5, 5.41) is 0. The zero-order valence-corrected chi connectivity index (χ0v) is 20.0. The third-order valence-corrected chi connectivity index (χ3v) is 7.01. The average molecular weight is 422 g/mol. The first kappa shape index (κ1) is 23.8. The largest absolute Gasteiger partial charge is 0.494 e. The van der Waals surface area contributed by atoms with Crippen LogP contribution in [0.4, 0.5) is 0 Å². The minimum absolute atomic E-state index is 0.806. The summed E-state index contributed by atoms with van der Waals surface area (Å²) in [6.45, 7) is 5.33. The molecule has 2 nitrogen and oxygen atoms in total. The Morgan fingerprint density at radius 3 is 2.10 bits per heavy atom. The quantitative estimate of drug-likeness (QED) is 0.302. The molecule has 0 bridgehead atoms. The Morgan fingerprint density at radius 1 is 0.774 bits per heavy atom. The van der Waals surface area contributed by atoms with Crippen molar-refractivity contribution in [2.75, 3.05) is 6.61 Å². The molecule has 0 N–H and O–H groups in total. The monoisotopic (exact) mass is 421 g/mol. The van der Waals surface area contributed by atoms with E-state index in [0.29, 0.717) is 0 Å². The molecule has 1 aliphatic carbocycles. The van der Waals surface area contributed by atoms with Gasteiger partial charge in [-0.25, -0.2) is 0 Å². The van der Waals surface area contributed by atoms with Gasteiger partial charge in [0.1, 0.15) is 5.75 Å². The lowest BCUT2D eigenvalue weighted by molar-refractivity contribution is 0.249. The van der Waals surface area contributed by atoms with Gasteiger partial charge in [0.25, 0.3) is 0 Å². The average Bonchev–Trinajstić information content (AvgIpc) is 2.82. The number of benzene rings is 1. The van der Waals surface area contributed by atoms with Crippen LogP contribution < -0.4 is 4.74 Å². The highest BCUT2D eigenvalue weighted by atomic mass is 16.5. The minimum atomic E-state index is 0.806. The van der Waals surface area contributed by atoms with E-state index in [1.54, 1.807) is 0 Å². The SMILES string of the molecule is CCCCCOc1ccc(-c2ccc(CCC3CCC(CCCCC)CC3)cn2)cc1. The van der Waals surface area contributed by atoms with Crippen LogP contribution in [0.25, 0.3) is 11.3 Å². The van der Waals surface area contributed by atoms with Crippen molar-refractivity contribution in [3.8, 4) is 17.0 Å². The molecular formula is C29H43NO. The molecular weight excluding hydrogens is 378 g/mol. The fourth-order valence-corrected chi connectivity index (χ4v) is 4.87. The third-order valence-electron chi connectivity index (χ3n) is 7.01. The summed E-state index contributed by atoms with van der Waals surface area (Å²) in [5.74, 6) is 2.89. The maximum Gasteiger partial charge on any atom is 0.119 e. The van der Waals surface area contributed by atoms with Crippen LogP contribution in [0.2, 0.25) is 0 Å². The first-order valence-corrected chi connectivity index (χ1v) is 13.0. The fourth-order valence-electron chi connectivity index (χ4n) is 4.87. The molecule has 1 heterocycles. The molecule has 0 aliphatic heterocycles. The minimum Gasteiger partial charge on any atom is -0.494 e. The number of pyridine rings is 1. The maximum absolute atomic E-state index is 5.82. The lowest BCUT2D eigenvalue weighted by Crippen LogP contribution is -2.15. The molecule has 0 radical (unpaired) electrons. The van der Waals surface area contributed by atoms with E-state index in [0.717, 1.165) is 41.9 Å². The summed E-state index contributed by atoms with van der Waals surface area (Å²) in [7, 11) is 0. The lowest BCUT2D eigenvalue weighted by atomic mass is 9.78.